The Kier molecular flexibility index (Phi) is 9.27. The Bertz CT molecular complexity index is 1120. The third kappa shape index (κ3) is 7.24. The largest absolute Gasteiger partial charge is 0.490 e. The van der Waals surface area contributed by atoms with Crippen molar-refractivity contribution in [3.8, 4) is 5.75 Å². The van der Waals surface area contributed by atoms with E-state index in [0.717, 1.165) is 18.7 Å². The average molecular weight is 548 g/mol. The number of ether oxygens (including phenoxy) is 2. The number of amides is 2. The lowest BCUT2D eigenvalue weighted by atomic mass is 9.96. The van der Waals surface area contributed by atoms with Gasteiger partial charge in [-0.3, -0.25) is 9.59 Å². The van der Waals surface area contributed by atoms with Gasteiger partial charge in [0.2, 0.25) is 23.6 Å². The molecule has 38 heavy (non-hydrogen) atoms. The second kappa shape index (κ2) is 12.4. The van der Waals surface area contributed by atoms with Crippen molar-refractivity contribution in [2.45, 2.75) is 51.6 Å². The molecular formula is C27H38ClN5O5. The van der Waals surface area contributed by atoms with Gasteiger partial charge in [0.1, 0.15) is 18.0 Å². The van der Waals surface area contributed by atoms with E-state index in [2.05, 4.69) is 22.1 Å². The van der Waals surface area contributed by atoms with Gasteiger partial charge in [-0.25, -0.2) is 0 Å². The van der Waals surface area contributed by atoms with Gasteiger partial charge in [-0.1, -0.05) is 25.4 Å². The Morgan fingerprint density at radius 1 is 1.11 bits per heavy atom. The Morgan fingerprint density at radius 3 is 2.55 bits per heavy atom. The second-order valence-corrected chi connectivity index (χ2v) is 11.0. The Labute approximate surface area is 229 Å². The SMILES string of the molecule is Cc1cc(OCC2(CC(=O)N3CCN(C)CC3)CN(C(=O)CCc3nnc(C(C)C)o3)CCO2)ccc1Cl. The molecule has 1 atom stereocenters. The van der Waals surface area contributed by atoms with Crippen LogP contribution in [-0.4, -0.2) is 102 Å². The molecule has 0 saturated carbocycles. The van der Waals surface area contributed by atoms with Crippen molar-refractivity contribution in [3.63, 3.8) is 0 Å². The first kappa shape index (κ1) is 28.3. The fourth-order valence-corrected chi connectivity index (χ4v) is 4.76. The molecule has 2 amide bonds. The fraction of sp³-hybridized carbons (Fsp3) is 0.630. The van der Waals surface area contributed by atoms with E-state index in [1.807, 2.05) is 31.7 Å². The molecule has 11 heteroatoms. The van der Waals surface area contributed by atoms with Crippen LogP contribution in [0.3, 0.4) is 0 Å². The zero-order valence-corrected chi connectivity index (χ0v) is 23.5. The quantitative estimate of drug-likeness (QED) is 0.472. The number of likely N-dealkylation sites (N-methyl/N-ethyl adjacent to an activating group) is 1. The molecule has 0 N–H and O–H groups in total. The van der Waals surface area contributed by atoms with Crippen LogP contribution in [0.4, 0.5) is 0 Å². The first-order chi connectivity index (χ1) is 18.1. The molecule has 0 spiro atoms. The number of morpholine rings is 1. The van der Waals surface area contributed by atoms with Gasteiger partial charge in [-0.15, -0.1) is 10.2 Å². The summed E-state index contributed by atoms with van der Waals surface area (Å²) in [5.41, 5.74) is -0.0632. The summed E-state index contributed by atoms with van der Waals surface area (Å²) in [6.07, 6.45) is 0.734. The number of benzene rings is 1. The molecule has 2 aliphatic heterocycles. The van der Waals surface area contributed by atoms with E-state index in [4.69, 9.17) is 25.5 Å². The zero-order chi connectivity index (χ0) is 27.3. The van der Waals surface area contributed by atoms with Crippen LogP contribution in [0.1, 0.15) is 50.0 Å². The lowest BCUT2D eigenvalue weighted by Gasteiger charge is -2.43. The molecule has 208 valence electrons. The van der Waals surface area contributed by atoms with Crippen molar-refractivity contribution in [3.05, 3.63) is 40.6 Å². The maximum Gasteiger partial charge on any atom is 0.225 e. The van der Waals surface area contributed by atoms with Crippen molar-refractivity contribution in [1.29, 1.82) is 0 Å². The number of halogens is 1. The van der Waals surface area contributed by atoms with Crippen molar-refractivity contribution < 1.29 is 23.5 Å². The Balaban J connectivity index is 1.44. The van der Waals surface area contributed by atoms with Crippen molar-refractivity contribution in [1.82, 2.24) is 24.9 Å². The fourth-order valence-electron chi connectivity index (χ4n) is 4.64. The zero-order valence-electron chi connectivity index (χ0n) is 22.7. The van der Waals surface area contributed by atoms with E-state index in [0.29, 0.717) is 55.2 Å². The summed E-state index contributed by atoms with van der Waals surface area (Å²) >= 11 is 6.17. The average Bonchev–Trinajstić information content (AvgIpc) is 3.38. The third-order valence-corrected chi connectivity index (χ3v) is 7.52. The second-order valence-electron chi connectivity index (χ2n) is 10.6. The van der Waals surface area contributed by atoms with Gasteiger partial charge in [0.15, 0.2) is 0 Å². The number of rotatable bonds is 9. The number of hydrogen-bond acceptors (Lipinski definition) is 8. The van der Waals surface area contributed by atoms with Gasteiger partial charge in [0.25, 0.3) is 0 Å². The lowest BCUT2D eigenvalue weighted by molar-refractivity contribution is -0.166. The smallest absolute Gasteiger partial charge is 0.225 e. The van der Waals surface area contributed by atoms with E-state index in [9.17, 15) is 9.59 Å². The van der Waals surface area contributed by atoms with Crippen molar-refractivity contribution in [2.24, 2.45) is 0 Å². The molecule has 3 heterocycles. The van der Waals surface area contributed by atoms with Crippen LogP contribution in [0.5, 0.6) is 5.75 Å². The molecule has 2 fully saturated rings. The third-order valence-electron chi connectivity index (χ3n) is 7.09. The van der Waals surface area contributed by atoms with Crippen molar-refractivity contribution in [2.75, 3.05) is 59.5 Å². The number of piperazine rings is 1. The predicted octanol–water partition coefficient (Wildman–Crippen LogP) is 2.93. The van der Waals surface area contributed by atoms with Crippen LogP contribution in [0.25, 0.3) is 0 Å². The monoisotopic (exact) mass is 547 g/mol. The highest BCUT2D eigenvalue weighted by molar-refractivity contribution is 6.31. The van der Waals surface area contributed by atoms with Crippen molar-refractivity contribution >= 4 is 23.4 Å². The van der Waals surface area contributed by atoms with Gasteiger partial charge in [-0.05, 0) is 37.7 Å². The molecule has 1 aromatic carbocycles. The summed E-state index contributed by atoms with van der Waals surface area (Å²) in [4.78, 5) is 32.4. The summed E-state index contributed by atoms with van der Waals surface area (Å²) in [5.74, 6) is 1.76. The van der Waals surface area contributed by atoms with Crippen LogP contribution >= 0.6 is 11.6 Å². The molecule has 2 aromatic rings. The van der Waals surface area contributed by atoms with Crippen LogP contribution in [0.2, 0.25) is 5.02 Å². The van der Waals surface area contributed by atoms with Gasteiger partial charge in [0, 0.05) is 56.5 Å². The highest BCUT2D eigenvalue weighted by atomic mass is 35.5. The standard InChI is InChI=1S/C27H38ClN5O5/c1-19(2)26-30-29-23(38-26)7-8-24(34)33-13-14-37-27(17-33,16-25(35)32-11-9-31(4)10-12-32)18-36-21-5-6-22(28)20(3)15-21/h5-6,15,19H,7-14,16-18H2,1-4H3. The van der Waals surface area contributed by atoms with Crippen LogP contribution in [0.15, 0.2) is 22.6 Å². The number of hydrogen-bond donors (Lipinski definition) is 0. The number of carbonyl (C=O) groups excluding carboxylic acids is 2. The molecule has 0 aliphatic carbocycles. The van der Waals surface area contributed by atoms with E-state index in [1.165, 1.54) is 0 Å². The minimum Gasteiger partial charge on any atom is -0.490 e. The van der Waals surface area contributed by atoms with E-state index in [-0.39, 0.29) is 43.7 Å². The minimum absolute atomic E-state index is 0.00959. The molecule has 1 unspecified atom stereocenters. The van der Waals surface area contributed by atoms with Crippen LogP contribution in [0, 0.1) is 6.92 Å². The molecule has 4 rings (SSSR count). The van der Waals surface area contributed by atoms with Crippen LogP contribution in [-0.2, 0) is 20.7 Å². The minimum atomic E-state index is -0.961. The normalized spacial score (nSPS) is 20.7. The van der Waals surface area contributed by atoms with E-state index < -0.39 is 5.60 Å². The van der Waals surface area contributed by atoms with Gasteiger partial charge in [0.05, 0.1) is 19.6 Å². The maximum absolute atomic E-state index is 13.4. The molecule has 2 saturated heterocycles. The number of nitrogens with zero attached hydrogens (tertiary/aromatic N) is 5. The summed E-state index contributed by atoms with van der Waals surface area (Å²) in [6.45, 7) is 10.1. The lowest BCUT2D eigenvalue weighted by Crippen LogP contribution is -2.59. The van der Waals surface area contributed by atoms with Crippen LogP contribution < -0.4 is 4.74 Å². The molecular weight excluding hydrogens is 510 g/mol. The number of aryl methyl sites for hydroxylation is 2. The summed E-state index contributed by atoms with van der Waals surface area (Å²) in [6, 6.07) is 5.45. The molecule has 1 aromatic heterocycles. The molecule has 2 aliphatic rings. The Morgan fingerprint density at radius 2 is 1.87 bits per heavy atom. The number of carbonyl (C=O) groups is 2. The maximum atomic E-state index is 13.4. The topological polar surface area (TPSA) is 101 Å². The van der Waals surface area contributed by atoms with E-state index >= 15 is 0 Å². The highest BCUT2D eigenvalue weighted by Crippen LogP contribution is 2.28. The van der Waals surface area contributed by atoms with Gasteiger partial charge >= 0.3 is 0 Å². The van der Waals surface area contributed by atoms with Gasteiger partial charge < -0.3 is 28.6 Å². The first-order valence-electron chi connectivity index (χ1n) is 13.2. The highest BCUT2D eigenvalue weighted by Gasteiger charge is 2.42. The molecule has 10 nitrogen and oxygen atoms in total. The molecule has 0 radical (unpaired) electrons. The first-order valence-corrected chi connectivity index (χ1v) is 13.6. The predicted molar refractivity (Wildman–Crippen MR) is 142 cm³/mol. The molecule has 0 bridgehead atoms. The summed E-state index contributed by atoms with van der Waals surface area (Å²) < 4.78 is 18.0. The van der Waals surface area contributed by atoms with E-state index in [1.54, 1.807) is 17.0 Å². The number of aromatic nitrogens is 2. The summed E-state index contributed by atoms with van der Waals surface area (Å²) in [7, 11) is 2.05. The van der Waals surface area contributed by atoms with Gasteiger partial charge in [-0.2, -0.15) is 0 Å². The summed E-state index contributed by atoms with van der Waals surface area (Å²) in [5, 5.41) is 8.76. The Hall–Kier alpha value is -2.69.